The van der Waals surface area contributed by atoms with Gasteiger partial charge >= 0.3 is 6.18 Å². The van der Waals surface area contributed by atoms with Crippen molar-refractivity contribution in [3.05, 3.63) is 70.5 Å². The Kier molecular flexibility index (Phi) is 6.89. The van der Waals surface area contributed by atoms with Gasteiger partial charge in [0.2, 0.25) is 5.67 Å². The van der Waals surface area contributed by atoms with E-state index in [0.717, 1.165) is 11.6 Å². The first kappa shape index (κ1) is 29.0. The van der Waals surface area contributed by atoms with Crippen LogP contribution in [-0.2, 0) is 38.6 Å². The molecule has 2 saturated heterocycles. The molecular formula is C29H32F5NO4S. The zero-order valence-corrected chi connectivity index (χ0v) is 23.1. The maximum Gasteiger partial charge on any atom is 0.426 e. The van der Waals surface area contributed by atoms with Crippen LogP contribution in [0, 0.1) is 5.82 Å². The van der Waals surface area contributed by atoms with Gasteiger partial charge in [0.15, 0.2) is 9.84 Å². The second-order valence-corrected chi connectivity index (χ2v) is 14.1. The Labute approximate surface area is 230 Å². The number of amides is 1. The van der Waals surface area contributed by atoms with Crippen molar-refractivity contribution in [2.75, 3.05) is 11.5 Å². The zero-order valence-electron chi connectivity index (χ0n) is 22.3. The van der Waals surface area contributed by atoms with Gasteiger partial charge in [-0.15, -0.1) is 0 Å². The number of alkyl halides is 4. The van der Waals surface area contributed by atoms with Gasteiger partial charge in [-0.05, 0) is 86.8 Å². The third-order valence-electron chi connectivity index (χ3n) is 9.23. The van der Waals surface area contributed by atoms with Crippen molar-refractivity contribution in [2.24, 2.45) is 0 Å². The lowest BCUT2D eigenvalue weighted by Gasteiger charge is -2.46. The number of carbonyl (C=O) groups is 1. The lowest BCUT2D eigenvalue weighted by molar-refractivity contribution is -0.228. The molecule has 0 aromatic heterocycles. The third kappa shape index (κ3) is 4.72. The Balaban J connectivity index is 1.58. The van der Waals surface area contributed by atoms with E-state index in [2.05, 4.69) is 0 Å². The number of hydrogen-bond donors (Lipinski definition) is 1. The quantitative estimate of drug-likeness (QED) is 0.517. The van der Waals surface area contributed by atoms with Crippen molar-refractivity contribution in [1.82, 2.24) is 4.90 Å². The summed E-state index contributed by atoms with van der Waals surface area (Å²) >= 11 is 0. The van der Waals surface area contributed by atoms with Gasteiger partial charge in [0.25, 0.3) is 5.91 Å². The lowest BCUT2D eigenvalue weighted by atomic mass is 9.63. The molecule has 0 saturated carbocycles. The van der Waals surface area contributed by atoms with Crippen LogP contribution in [0.3, 0.4) is 0 Å². The largest absolute Gasteiger partial charge is 0.426 e. The molecule has 3 unspecified atom stereocenters. The molecule has 4 atom stereocenters. The first-order valence-corrected chi connectivity index (χ1v) is 15.2. The number of fused-ring (bicyclic) bond motifs is 3. The smallest absolute Gasteiger partial charge is 0.380 e. The summed E-state index contributed by atoms with van der Waals surface area (Å²) in [6.07, 6.45) is -4.11. The van der Waals surface area contributed by atoms with Gasteiger partial charge in [-0.2, -0.15) is 13.2 Å². The summed E-state index contributed by atoms with van der Waals surface area (Å²) in [6.45, 7) is 2.33. The molecule has 5 rings (SSSR count). The maximum absolute atomic E-state index is 14.9. The lowest BCUT2D eigenvalue weighted by Crippen LogP contribution is -2.58. The fourth-order valence-electron chi connectivity index (χ4n) is 7.00. The van der Waals surface area contributed by atoms with Crippen LogP contribution >= 0.6 is 0 Å². The summed E-state index contributed by atoms with van der Waals surface area (Å²) in [5.74, 6) is -1.56. The molecule has 0 bridgehead atoms. The topological polar surface area (TPSA) is 74.7 Å². The zero-order chi connectivity index (χ0) is 29.3. The second-order valence-electron chi connectivity index (χ2n) is 11.8. The van der Waals surface area contributed by atoms with Gasteiger partial charge < -0.3 is 10.0 Å². The Hall–Kier alpha value is -2.53. The number of aliphatic hydroxyl groups is 1. The highest BCUT2D eigenvalue weighted by atomic mass is 32.2. The summed E-state index contributed by atoms with van der Waals surface area (Å²) in [7, 11) is -3.34. The number of benzene rings is 2. The number of sulfone groups is 1. The predicted octanol–water partition coefficient (Wildman–Crippen LogP) is 4.93. The summed E-state index contributed by atoms with van der Waals surface area (Å²) in [4.78, 5) is 15.5. The number of likely N-dealkylation sites (tertiary alicyclic amines) is 1. The molecule has 2 heterocycles. The van der Waals surface area contributed by atoms with Crippen molar-refractivity contribution in [1.29, 1.82) is 0 Å². The van der Waals surface area contributed by atoms with Gasteiger partial charge in [0.05, 0.1) is 11.5 Å². The highest BCUT2D eigenvalue weighted by molar-refractivity contribution is 7.91. The Morgan fingerprint density at radius 1 is 1.07 bits per heavy atom. The number of rotatable bonds is 4. The minimum Gasteiger partial charge on any atom is -0.380 e. The van der Waals surface area contributed by atoms with Crippen LogP contribution in [0.15, 0.2) is 42.5 Å². The molecule has 0 radical (unpaired) electrons. The van der Waals surface area contributed by atoms with Crippen molar-refractivity contribution in [3.8, 4) is 0 Å². The Morgan fingerprint density at radius 2 is 1.70 bits per heavy atom. The van der Waals surface area contributed by atoms with Crippen LogP contribution in [0.2, 0.25) is 0 Å². The van der Waals surface area contributed by atoms with Gasteiger partial charge in [0.1, 0.15) is 11.4 Å². The molecule has 1 N–H and O–H groups in total. The third-order valence-corrected chi connectivity index (χ3v) is 10.9. The van der Waals surface area contributed by atoms with Crippen LogP contribution in [-0.4, -0.2) is 59.7 Å². The normalized spacial score (nSPS) is 28.9. The van der Waals surface area contributed by atoms with E-state index in [1.54, 1.807) is 17.0 Å². The van der Waals surface area contributed by atoms with E-state index in [9.17, 15) is 40.3 Å². The molecule has 5 nitrogen and oxygen atoms in total. The fourth-order valence-corrected chi connectivity index (χ4v) is 8.50. The molecule has 2 aromatic rings. The second kappa shape index (κ2) is 9.51. The summed E-state index contributed by atoms with van der Waals surface area (Å²) < 4.78 is 93.1. The van der Waals surface area contributed by atoms with E-state index in [4.69, 9.17) is 0 Å². The van der Waals surface area contributed by atoms with Crippen LogP contribution in [0.5, 0.6) is 0 Å². The SMILES string of the molecule is C[C@H]1CC2(Cc3ccc(F)cc3)c3ccc(C(C)(F)C(F)(F)F)cc3CCC2N1C(=O)C1(O)CCS(=O)(=O)CC1. The molecule has 2 fully saturated rings. The highest BCUT2D eigenvalue weighted by Gasteiger charge is 2.59. The van der Waals surface area contributed by atoms with E-state index in [-0.39, 0.29) is 36.8 Å². The minimum absolute atomic E-state index is 0.207. The first-order valence-electron chi connectivity index (χ1n) is 13.4. The summed E-state index contributed by atoms with van der Waals surface area (Å²) in [6, 6.07) is 8.98. The monoisotopic (exact) mass is 585 g/mol. The number of nitrogens with zero attached hydrogens (tertiary/aromatic N) is 1. The van der Waals surface area contributed by atoms with E-state index < -0.39 is 56.0 Å². The first-order chi connectivity index (χ1) is 18.5. The molecule has 2 aromatic carbocycles. The molecule has 3 aliphatic rings. The summed E-state index contributed by atoms with van der Waals surface area (Å²) in [5, 5.41) is 11.3. The van der Waals surface area contributed by atoms with Crippen LogP contribution in [0.4, 0.5) is 22.0 Å². The molecule has 2 aliphatic heterocycles. The maximum atomic E-state index is 14.9. The van der Waals surface area contributed by atoms with E-state index in [1.165, 1.54) is 24.3 Å². The molecule has 40 heavy (non-hydrogen) atoms. The van der Waals surface area contributed by atoms with Crippen molar-refractivity contribution in [3.63, 3.8) is 0 Å². The predicted molar refractivity (Wildman–Crippen MR) is 139 cm³/mol. The van der Waals surface area contributed by atoms with Gasteiger partial charge in [0, 0.05) is 17.5 Å². The van der Waals surface area contributed by atoms with Gasteiger partial charge in [-0.1, -0.05) is 30.3 Å². The average molecular weight is 586 g/mol. The fraction of sp³-hybridized carbons (Fsp3) is 0.552. The Morgan fingerprint density at radius 3 is 2.30 bits per heavy atom. The van der Waals surface area contributed by atoms with Crippen molar-refractivity contribution < 1.29 is 40.3 Å². The number of aryl methyl sites for hydroxylation is 1. The van der Waals surface area contributed by atoms with E-state index >= 15 is 0 Å². The van der Waals surface area contributed by atoms with Crippen LogP contribution in [0.1, 0.15) is 61.8 Å². The van der Waals surface area contributed by atoms with Gasteiger partial charge in [-0.25, -0.2) is 17.2 Å². The van der Waals surface area contributed by atoms with Gasteiger partial charge in [-0.3, -0.25) is 4.79 Å². The standard InChI is InChI=1S/C29H32F5NO4S/c1-18-16-27(17-19-3-7-22(30)8-4-19)23-9-6-21(26(2,31)29(32,33)34)15-20(23)5-10-24(27)35(18)25(36)28(37)11-13-40(38,39)14-12-28/h3-4,6-9,15,18,24,37H,5,10-14,16-17H2,1-2H3/t18-,24?,26?,27?/m0/s1. The molecule has 11 heteroatoms. The van der Waals surface area contributed by atoms with E-state index in [0.29, 0.717) is 37.3 Å². The molecular weight excluding hydrogens is 553 g/mol. The highest BCUT2D eigenvalue weighted by Crippen LogP contribution is 2.53. The number of hydrogen-bond acceptors (Lipinski definition) is 4. The number of halogens is 5. The molecule has 1 aliphatic carbocycles. The average Bonchev–Trinajstić information content (AvgIpc) is 3.17. The summed E-state index contributed by atoms with van der Waals surface area (Å²) in [5.41, 5.74) is -4.63. The van der Waals surface area contributed by atoms with Crippen molar-refractivity contribution in [2.45, 2.75) is 87.3 Å². The van der Waals surface area contributed by atoms with Crippen molar-refractivity contribution >= 4 is 15.7 Å². The molecule has 218 valence electrons. The molecule has 1 amide bonds. The minimum atomic E-state index is -5.10. The Bertz CT molecular complexity index is 1410. The molecule has 0 spiro atoms. The van der Waals surface area contributed by atoms with Crippen LogP contribution < -0.4 is 0 Å². The number of carbonyl (C=O) groups excluding carboxylic acids is 1. The van der Waals surface area contributed by atoms with E-state index in [1.807, 2.05) is 6.92 Å². The van der Waals surface area contributed by atoms with Crippen LogP contribution in [0.25, 0.3) is 0 Å².